The van der Waals surface area contributed by atoms with Gasteiger partial charge in [0.1, 0.15) is 5.82 Å². The quantitative estimate of drug-likeness (QED) is 0.593. The van der Waals surface area contributed by atoms with E-state index in [2.05, 4.69) is 5.32 Å². The highest BCUT2D eigenvalue weighted by atomic mass is 32.2. The molecule has 2 aliphatic rings. The Bertz CT molecular complexity index is 1270. The number of rotatable bonds is 6. The molecule has 2 aromatic rings. The third-order valence-electron chi connectivity index (χ3n) is 5.99. The van der Waals surface area contributed by atoms with E-state index in [1.165, 1.54) is 36.4 Å². The van der Waals surface area contributed by atoms with Crippen LogP contribution in [0.5, 0.6) is 0 Å². The summed E-state index contributed by atoms with van der Waals surface area (Å²) in [5, 5.41) is 12.1. The van der Waals surface area contributed by atoms with Crippen LogP contribution in [0.3, 0.4) is 0 Å². The number of benzene rings is 2. The number of carbonyl (C=O) groups excluding carboxylic acids is 2. The van der Waals surface area contributed by atoms with Crippen molar-refractivity contribution in [1.29, 1.82) is 0 Å². The van der Waals surface area contributed by atoms with E-state index in [1.54, 1.807) is 0 Å². The predicted octanol–water partition coefficient (Wildman–Crippen LogP) is 1.05. The highest BCUT2D eigenvalue weighted by molar-refractivity contribution is 7.90. The zero-order chi connectivity index (χ0) is 25.4. The van der Waals surface area contributed by atoms with Crippen molar-refractivity contribution in [3.8, 4) is 11.1 Å². The van der Waals surface area contributed by atoms with Gasteiger partial charge in [0.25, 0.3) is 5.91 Å². The highest BCUT2D eigenvalue weighted by Crippen LogP contribution is 2.36. The Morgan fingerprint density at radius 1 is 1.14 bits per heavy atom. The Morgan fingerprint density at radius 2 is 1.80 bits per heavy atom. The number of hydrogen-bond donors (Lipinski definition) is 2. The van der Waals surface area contributed by atoms with E-state index in [0.29, 0.717) is 5.56 Å². The van der Waals surface area contributed by atoms with Crippen LogP contribution in [-0.4, -0.2) is 80.6 Å². The smallest absolute Gasteiger partial charge is 0.332 e. The van der Waals surface area contributed by atoms with E-state index in [-0.39, 0.29) is 42.2 Å². The normalized spacial score (nSPS) is 19.1. The van der Waals surface area contributed by atoms with Gasteiger partial charge < -0.3 is 24.8 Å². The number of nitrogens with zero attached hydrogens (tertiary/aromatic N) is 1. The Kier molecular flexibility index (Phi) is 6.62. The van der Waals surface area contributed by atoms with Gasteiger partial charge in [-0.1, -0.05) is 18.2 Å². The molecule has 10 nitrogen and oxygen atoms in total. The number of carbonyl (C=O) groups is 3. The summed E-state index contributed by atoms with van der Waals surface area (Å²) in [6.07, 6.45) is 1.20. The van der Waals surface area contributed by atoms with Gasteiger partial charge in [0.15, 0.2) is 15.9 Å². The average molecular weight is 507 g/mol. The molecule has 2 heterocycles. The third kappa shape index (κ3) is 4.90. The number of nitrogens with one attached hydrogen (secondary N) is 1. The maximum Gasteiger partial charge on any atom is 0.332 e. The summed E-state index contributed by atoms with van der Waals surface area (Å²) >= 11 is 0. The van der Waals surface area contributed by atoms with Gasteiger partial charge in [-0.2, -0.15) is 0 Å². The molecule has 0 radical (unpaired) electrons. The first-order chi connectivity index (χ1) is 16.5. The molecular weight excluding hydrogens is 483 g/mol. The van der Waals surface area contributed by atoms with Crippen molar-refractivity contribution in [3.63, 3.8) is 0 Å². The first kappa shape index (κ1) is 24.8. The van der Waals surface area contributed by atoms with Crippen LogP contribution in [0.25, 0.3) is 11.1 Å². The lowest BCUT2D eigenvalue weighted by Crippen LogP contribution is -2.54. The number of ether oxygens (including phenoxy) is 2. The van der Waals surface area contributed by atoms with Crippen molar-refractivity contribution in [2.75, 3.05) is 32.6 Å². The summed E-state index contributed by atoms with van der Waals surface area (Å²) < 4.78 is 48.6. The molecule has 1 spiro atoms. The maximum atomic E-state index is 14.4. The minimum atomic E-state index is -3.55. The van der Waals surface area contributed by atoms with E-state index in [1.807, 2.05) is 0 Å². The summed E-state index contributed by atoms with van der Waals surface area (Å²) in [5.41, 5.74) is 0.793. The van der Waals surface area contributed by atoms with Crippen molar-refractivity contribution in [2.24, 2.45) is 0 Å². The fourth-order valence-electron chi connectivity index (χ4n) is 4.26. The number of sulfone groups is 1. The van der Waals surface area contributed by atoms with E-state index in [0.717, 1.165) is 17.2 Å². The van der Waals surface area contributed by atoms with Crippen LogP contribution >= 0.6 is 0 Å². The molecule has 2 saturated heterocycles. The van der Waals surface area contributed by atoms with Crippen molar-refractivity contribution in [2.45, 2.75) is 23.1 Å². The van der Waals surface area contributed by atoms with E-state index < -0.39 is 51.8 Å². The lowest BCUT2D eigenvalue weighted by Gasteiger charge is -2.30. The molecular formula is C23H23FN2O8S. The van der Waals surface area contributed by atoms with Crippen molar-refractivity contribution >= 4 is 27.6 Å². The SMILES string of the molecule is CS(=O)(=O)c1ccc(-c2ccc(C(=O)NCC(=O)N3CCC4(OCCO4)[C@H]3C(=O)O)cc2)c(F)c1. The molecule has 0 aliphatic carbocycles. The fourth-order valence-corrected chi connectivity index (χ4v) is 4.90. The van der Waals surface area contributed by atoms with Crippen LogP contribution in [0.1, 0.15) is 16.8 Å². The van der Waals surface area contributed by atoms with Gasteiger partial charge in [0.05, 0.1) is 24.7 Å². The summed E-state index contributed by atoms with van der Waals surface area (Å²) in [6.45, 7) is 0.167. The van der Waals surface area contributed by atoms with Gasteiger partial charge in [0, 0.05) is 30.3 Å². The molecule has 2 N–H and O–H groups in total. The molecule has 2 amide bonds. The molecule has 1 atom stereocenters. The van der Waals surface area contributed by atoms with Crippen LogP contribution in [-0.2, 0) is 28.9 Å². The molecule has 0 unspecified atom stereocenters. The topological polar surface area (TPSA) is 139 Å². The number of likely N-dealkylation sites (tertiary alicyclic amines) is 1. The lowest BCUT2D eigenvalue weighted by molar-refractivity contribution is -0.191. The number of hydrogen-bond acceptors (Lipinski definition) is 7. The summed E-state index contributed by atoms with van der Waals surface area (Å²) in [7, 11) is -3.55. The Labute approximate surface area is 200 Å². The molecule has 2 aromatic carbocycles. The van der Waals surface area contributed by atoms with Crippen molar-refractivity contribution in [1.82, 2.24) is 10.2 Å². The zero-order valence-corrected chi connectivity index (χ0v) is 19.5. The largest absolute Gasteiger partial charge is 0.480 e. The molecule has 2 aliphatic heterocycles. The second kappa shape index (κ2) is 9.36. The third-order valence-corrected chi connectivity index (χ3v) is 7.10. The van der Waals surface area contributed by atoms with Crippen LogP contribution in [0.2, 0.25) is 0 Å². The van der Waals surface area contributed by atoms with E-state index >= 15 is 0 Å². The maximum absolute atomic E-state index is 14.4. The van der Waals surface area contributed by atoms with Crippen LogP contribution in [0.4, 0.5) is 4.39 Å². The number of aliphatic carboxylic acids is 1. The molecule has 12 heteroatoms. The van der Waals surface area contributed by atoms with Gasteiger partial charge in [-0.05, 0) is 29.8 Å². The van der Waals surface area contributed by atoms with Crippen molar-refractivity contribution < 1.29 is 41.8 Å². The molecule has 35 heavy (non-hydrogen) atoms. The zero-order valence-electron chi connectivity index (χ0n) is 18.7. The minimum Gasteiger partial charge on any atom is -0.480 e. The molecule has 2 fully saturated rings. The fraction of sp³-hybridized carbons (Fsp3) is 0.348. The highest BCUT2D eigenvalue weighted by Gasteiger charge is 2.57. The Hall–Kier alpha value is -3.35. The number of amides is 2. The van der Waals surface area contributed by atoms with Gasteiger partial charge in [-0.15, -0.1) is 0 Å². The molecule has 0 bridgehead atoms. The summed E-state index contributed by atoms with van der Waals surface area (Å²) in [6, 6.07) is 8.13. The lowest BCUT2D eigenvalue weighted by atomic mass is 10.0. The Balaban J connectivity index is 1.40. The van der Waals surface area contributed by atoms with Gasteiger partial charge >= 0.3 is 5.97 Å². The second-order valence-electron chi connectivity index (χ2n) is 8.26. The first-order valence-electron chi connectivity index (χ1n) is 10.7. The Morgan fingerprint density at radius 3 is 2.37 bits per heavy atom. The standard InChI is InChI=1S/C23H23FN2O8S/c1-35(31,32)16-6-7-17(18(24)12-16)14-2-4-15(5-3-14)21(28)25-13-19(27)26-9-8-23(20(26)22(29)30)33-10-11-34-23/h2-7,12,20H,8-11,13H2,1H3,(H,25,28)(H,29,30)/t20-/m1/s1. The number of carboxylic acids is 1. The summed E-state index contributed by atoms with van der Waals surface area (Å²) in [4.78, 5) is 37.9. The number of carboxylic acid groups (broad SMARTS) is 1. The van der Waals surface area contributed by atoms with E-state index in [4.69, 9.17) is 9.47 Å². The molecule has 4 rings (SSSR count). The molecule has 186 valence electrons. The average Bonchev–Trinajstić information content (AvgIpc) is 3.44. The first-order valence-corrected chi connectivity index (χ1v) is 12.6. The second-order valence-corrected chi connectivity index (χ2v) is 10.3. The predicted molar refractivity (Wildman–Crippen MR) is 120 cm³/mol. The van der Waals surface area contributed by atoms with Gasteiger partial charge in [0.2, 0.25) is 11.7 Å². The van der Waals surface area contributed by atoms with Gasteiger partial charge in [-0.3, -0.25) is 9.59 Å². The van der Waals surface area contributed by atoms with Crippen LogP contribution in [0, 0.1) is 5.82 Å². The van der Waals surface area contributed by atoms with Crippen LogP contribution in [0.15, 0.2) is 47.4 Å². The molecule has 0 aromatic heterocycles. The summed E-state index contributed by atoms with van der Waals surface area (Å²) in [5.74, 6) is -4.51. The minimum absolute atomic E-state index is 0.115. The monoisotopic (exact) mass is 506 g/mol. The molecule has 0 saturated carbocycles. The van der Waals surface area contributed by atoms with Crippen molar-refractivity contribution in [3.05, 3.63) is 53.8 Å². The van der Waals surface area contributed by atoms with Crippen LogP contribution < -0.4 is 5.32 Å². The van der Waals surface area contributed by atoms with E-state index in [9.17, 15) is 32.3 Å². The van der Waals surface area contributed by atoms with Gasteiger partial charge in [-0.25, -0.2) is 17.6 Å². The number of halogens is 1.